The SMILES string of the molecule is CCc1cc(=O)oc2cc(OC(C)C(=O)N3CCN(C4CCOCC4)CC3)ccc12. The van der Waals surface area contributed by atoms with Crippen LogP contribution in [0.1, 0.15) is 32.3 Å². The van der Waals surface area contributed by atoms with Crippen LogP contribution >= 0.6 is 0 Å². The number of carbonyl (C=O) groups is 1. The molecule has 1 aromatic carbocycles. The van der Waals surface area contributed by atoms with Gasteiger partial charge in [0.15, 0.2) is 6.10 Å². The number of hydrogen-bond donors (Lipinski definition) is 0. The van der Waals surface area contributed by atoms with Gasteiger partial charge in [0.05, 0.1) is 0 Å². The van der Waals surface area contributed by atoms with Gasteiger partial charge < -0.3 is 18.8 Å². The molecule has 7 nitrogen and oxygen atoms in total. The van der Waals surface area contributed by atoms with E-state index in [1.54, 1.807) is 13.0 Å². The summed E-state index contributed by atoms with van der Waals surface area (Å²) in [7, 11) is 0. The molecule has 1 unspecified atom stereocenters. The van der Waals surface area contributed by atoms with Gasteiger partial charge in [-0.25, -0.2) is 4.79 Å². The van der Waals surface area contributed by atoms with Crippen LogP contribution in [0.5, 0.6) is 5.75 Å². The fourth-order valence-corrected chi connectivity index (χ4v) is 4.45. The van der Waals surface area contributed by atoms with Crippen molar-refractivity contribution in [3.05, 3.63) is 40.2 Å². The monoisotopic (exact) mass is 414 g/mol. The van der Waals surface area contributed by atoms with Gasteiger partial charge in [-0.15, -0.1) is 0 Å². The summed E-state index contributed by atoms with van der Waals surface area (Å²) in [6.07, 6.45) is 2.30. The van der Waals surface area contributed by atoms with Crippen molar-refractivity contribution in [1.29, 1.82) is 0 Å². The van der Waals surface area contributed by atoms with Crippen LogP contribution in [-0.4, -0.2) is 67.2 Å². The van der Waals surface area contributed by atoms with E-state index in [1.165, 1.54) is 6.07 Å². The maximum absolute atomic E-state index is 12.9. The van der Waals surface area contributed by atoms with Gasteiger partial charge in [0.1, 0.15) is 11.3 Å². The Morgan fingerprint density at radius 3 is 2.60 bits per heavy atom. The third kappa shape index (κ3) is 4.52. The van der Waals surface area contributed by atoms with Crippen molar-refractivity contribution in [2.24, 2.45) is 0 Å². The zero-order valence-electron chi connectivity index (χ0n) is 17.8. The third-order valence-corrected chi connectivity index (χ3v) is 6.18. The highest BCUT2D eigenvalue weighted by Gasteiger charge is 2.29. The van der Waals surface area contributed by atoms with Crippen molar-refractivity contribution in [2.45, 2.75) is 45.3 Å². The van der Waals surface area contributed by atoms with E-state index >= 15 is 0 Å². The first-order chi connectivity index (χ1) is 14.5. The highest BCUT2D eigenvalue weighted by Crippen LogP contribution is 2.24. The van der Waals surface area contributed by atoms with Crippen LogP contribution in [0.25, 0.3) is 11.0 Å². The fourth-order valence-electron chi connectivity index (χ4n) is 4.45. The standard InChI is InChI=1S/C23H30N2O5/c1-3-17-14-22(26)30-21-15-19(4-5-20(17)21)29-16(2)23(27)25-10-8-24(9-11-25)18-6-12-28-13-7-18/h4-5,14-16,18H,3,6-13H2,1-2H3. The summed E-state index contributed by atoms with van der Waals surface area (Å²) in [5, 5.41) is 0.896. The Labute approximate surface area is 176 Å². The highest BCUT2D eigenvalue weighted by atomic mass is 16.5. The molecule has 1 atom stereocenters. The molecule has 0 spiro atoms. The first kappa shape index (κ1) is 20.9. The molecule has 0 bridgehead atoms. The fraction of sp³-hybridized carbons (Fsp3) is 0.565. The van der Waals surface area contributed by atoms with E-state index in [0.29, 0.717) is 17.4 Å². The first-order valence-corrected chi connectivity index (χ1v) is 10.9. The van der Waals surface area contributed by atoms with Crippen molar-refractivity contribution in [1.82, 2.24) is 9.80 Å². The summed E-state index contributed by atoms with van der Waals surface area (Å²) in [6.45, 7) is 8.67. The van der Waals surface area contributed by atoms with Crippen molar-refractivity contribution in [3.63, 3.8) is 0 Å². The summed E-state index contributed by atoms with van der Waals surface area (Å²) in [5.41, 5.74) is 1.06. The van der Waals surface area contributed by atoms with E-state index in [1.807, 2.05) is 24.0 Å². The molecule has 2 fully saturated rings. The number of aryl methyl sites for hydroxylation is 1. The number of carbonyl (C=O) groups excluding carboxylic acids is 1. The molecule has 0 aliphatic carbocycles. The van der Waals surface area contributed by atoms with Gasteiger partial charge in [0.25, 0.3) is 5.91 Å². The minimum atomic E-state index is -0.599. The van der Waals surface area contributed by atoms with E-state index in [9.17, 15) is 9.59 Å². The number of piperazine rings is 1. The average Bonchev–Trinajstić information content (AvgIpc) is 2.78. The molecule has 7 heteroatoms. The third-order valence-electron chi connectivity index (χ3n) is 6.18. The summed E-state index contributed by atoms with van der Waals surface area (Å²) >= 11 is 0. The van der Waals surface area contributed by atoms with Gasteiger partial charge in [-0.2, -0.15) is 0 Å². The van der Waals surface area contributed by atoms with Crippen LogP contribution < -0.4 is 10.4 Å². The second-order valence-electron chi connectivity index (χ2n) is 8.07. The molecule has 30 heavy (non-hydrogen) atoms. The van der Waals surface area contributed by atoms with Crippen LogP contribution in [0.15, 0.2) is 33.5 Å². The van der Waals surface area contributed by atoms with E-state index in [0.717, 1.165) is 69.6 Å². The predicted molar refractivity (Wildman–Crippen MR) is 114 cm³/mol. The Bertz CT molecular complexity index is 942. The lowest BCUT2D eigenvalue weighted by atomic mass is 10.1. The Balaban J connectivity index is 1.37. The normalized spacial score (nSPS) is 19.7. The quantitative estimate of drug-likeness (QED) is 0.700. The van der Waals surface area contributed by atoms with E-state index < -0.39 is 6.10 Å². The zero-order valence-corrected chi connectivity index (χ0v) is 17.8. The summed E-state index contributed by atoms with van der Waals surface area (Å²) in [6, 6.07) is 7.51. The van der Waals surface area contributed by atoms with E-state index in [-0.39, 0.29) is 11.5 Å². The first-order valence-electron chi connectivity index (χ1n) is 10.9. The van der Waals surface area contributed by atoms with Crippen molar-refractivity contribution >= 4 is 16.9 Å². The molecule has 2 aliphatic rings. The molecule has 2 saturated heterocycles. The van der Waals surface area contributed by atoms with Crippen molar-refractivity contribution in [2.75, 3.05) is 39.4 Å². The Kier molecular flexibility index (Phi) is 6.39. The molecule has 0 N–H and O–H groups in total. The molecular formula is C23H30N2O5. The average molecular weight is 415 g/mol. The second-order valence-corrected chi connectivity index (χ2v) is 8.07. The van der Waals surface area contributed by atoms with Crippen LogP contribution in [0, 0.1) is 0 Å². The number of nitrogens with zero attached hydrogens (tertiary/aromatic N) is 2. The number of ether oxygens (including phenoxy) is 2. The largest absolute Gasteiger partial charge is 0.481 e. The minimum Gasteiger partial charge on any atom is -0.481 e. The predicted octanol–water partition coefficient (Wildman–Crippen LogP) is 2.45. The van der Waals surface area contributed by atoms with Gasteiger partial charge in [-0.05, 0) is 43.9 Å². The molecule has 0 radical (unpaired) electrons. The second kappa shape index (κ2) is 9.18. The number of benzene rings is 1. The smallest absolute Gasteiger partial charge is 0.336 e. The zero-order chi connectivity index (χ0) is 21.1. The topological polar surface area (TPSA) is 72.2 Å². The molecule has 2 aliphatic heterocycles. The van der Waals surface area contributed by atoms with Crippen LogP contribution in [-0.2, 0) is 16.0 Å². The lowest BCUT2D eigenvalue weighted by Gasteiger charge is -2.41. The van der Waals surface area contributed by atoms with Crippen LogP contribution in [0.2, 0.25) is 0 Å². The highest BCUT2D eigenvalue weighted by molar-refractivity contribution is 5.83. The van der Waals surface area contributed by atoms with Crippen molar-refractivity contribution < 1.29 is 18.7 Å². The summed E-state index contributed by atoms with van der Waals surface area (Å²) < 4.78 is 16.7. The van der Waals surface area contributed by atoms with Gasteiger partial charge in [0.2, 0.25) is 0 Å². The minimum absolute atomic E-state index is 0.00881. The summed E-state index contributed by atoms with van der Waals surface area (Å²) in [4.78, 5) is 29.0. The Morgan fingerprint density at radius 1 is 1.17 bits per heavy atom. The van der Waals surface area contributed by atoms with Gasteiger partial charge >= 0.3 is 5.63 Å². The van der Waals surface area contributed by atoms with Crippen LogP contribution in [0.4, 0.5) is 0 Å². The van der Waals surface area contributed by atoms with Gasteiger partial charge in [0, 0.05) is 63.0 Å². The summed E-state index contributed by atoms with van der Waals surface area (Å²) in [5.74, 6) is 0.520. The van der Waals surface area contributed by atoms with Gasteiger partial charge in [-0.1, -0.05) is 6.92 Å². The molecule has 2 aromatic rings. The van der Waals surface area contributed by atoms with E-state index in [4.69, 9.17) is 13.9 Å². The maximum Gasteiger partial charge on any atom is 0.336 e. The number of rotatable bonds is 5. The van der Waals surface area contributed by atoms with E-state index in [2.05, 4.69) is 4.90 Å². The number of fused-ring (bicyclic) bond motifs is 1. The lowest BCUT2D eigenvalue weighted by molar-refractivity contribution is -0.140. The number of amides is 1. The molecule has 3 heterocycles. The van der Waals surface area contributed by atoms with Crippen LogP contribution in [0.3, 0.4) is 0 Å². The molecular weight excluding hydrogens is 384 g/mol. The molecule has 162 valence electrons. The Hall–Kier alpha value is -2.38. The molecule has 4 rings (SSSR count). The lowest BCUT2D eigenvalue weighted by Crippen LogP contribution is -2.55. The van der Waals surface area contributed by atoms with Gasteiger partial charge in [-0.3, -0.25) is 9.69 Å². The molecule has 0 saturated carbocycles. The maximum atomic E-state index is 12.9. The number of hydrogen-bond acceptors (Lipinski definition) is 6. The Morgan fingerprint density at radius 2 is 1.90 bits per heavy atom. The molecule has 1 aromatic heterocycles. The van der Waals surface area contributed by atoms with Crippen molar-refractivity contribution in [3.8, 4) is 5.75 Å². The molecule has 1 amide bonds.